The number of unbranched alkanes of at least 4 members (excludes halogenated alkanes) is 1. The molecule has 1 fully saturated rings. The SMILES string of the molecule is O=S(=O)(Nc1nccs1)c1cc(Cl)c(NCCCCN[C@H]2CCNC2)cc1F. The largest absolute Gasteiger partial charge is 0.384 e. The van der Waals surface area contributed by atoms with Gasteiger partial charge in [-0.15, -0.1) is 11.3 Å². The van der Waals surface area contributed by atoms with Gasteiger partial charge in [-0.2, -0.15) is 0 Å². The van der Waals surface area contributed by atoms with E-state index in [-0.39, 0.29) is 10.2 Å². The van der Waals surface area contributed by atoms with E-state index in [4.69, 9.17) is 11.6 Å². The van der Waals surface area contributed by atoms with E-state index in [0.717, 1.165) is 62.4 Å². The van der Waals surface area contributed by atoms with E-state index in [1.54, 1.807) is 5.38 Å². The number of benzene rings is 1. The number of nitrogens with one attached hydrogen (secondary N) is 4. The van der Waals surface area contributed by atoms with Crippen molar-refractivity contribution in [1.29, 1.82) is 0 Å². The molecule has 3 rings (SSSR count). The number of aromatic nitrogens is 1. The van der Waals surface area contributed by atoms with E-state index < -0.39 is 20.7 Å². The van der Waals surface area contributed by atoms with Gasteiger partial charge in [-0.3, -0.25) is 4.72 Å². The number of hydrogen-bond acceptors (Lipinski definition) is 7. The molecule has 11 heteroatoms. The molecule has 1 saturated heterocycles. The molecule has 1 aromatic carbocycles. The lowest BCUT2D eigenvalue weighted by molar-refractivity contribution is 0.530. The number of hydrogen-bond donors (Lipinski definition) is 4. The van der Waals surface area contributed by atoms with Gasteiger partial charge in [-0.25, -0.2) is 17.8 Å². The van der Waals surface area contributed by atoms with Gasteiger partial charge in [-0.05, 0) is 44.5 Å². The average molecular weight is 448 g/mol. The molecule has 154 valence electrons. The van der Waals surface area contributed by atoms with Crippen LogP contribution in [0.15, 0.2) is 28.6 Å². The van der Waals surface area contributed by atoms with Gasteiger partial charge >= 0.3 is 0 Å². The fourth-order valence-electron chi connectivity index (χ4n) is 2.92. The van der Waals surface area contributed by atoms with E-state index >= 15 is 0 Å². The van der Waals surface area contributed by atoms with Gasteiger partial charge in [0.05, 0.1) is 10.7 Å². The second kappa shape index (κ2) is 9.84. The van der Waals surface area contributed by atoms with Gasteiger partial charge < -0.3 is 16.0 Å². The van der Waals surface area contributed by atoms with E-state index in [1.165, 1.54) is 6.20 Å². The Morgan fingerprint density at radius 1 is 1.32 bits per heavy atom. The highest BCUT2D eigenvalue weighted by atomic mass is 35.5. The molecule has 0 radical (unpaired) electrons. The zero-order valence-corrected chi connectivity index (χ0v) is 17.6. The normalized spacial score (nSPS) is 17.0. The lowest BCUT2D eigenvalue weighted by Gasteiger charge is -2.13. The van der Waals surface area contributed by atoms with Crippen molar-refractivity contribution in [2.45, 2.75) is 30.2 Å². The summed E-state index contributed by atoms with van der Waals surface area (Å²) < 4.78 is 41.3. The van der Waals surface area contributed by atoms with Gasteiger partial charge in [0.25, 0.3) is 10.0 Å². The maximum Gasteiger partial charge on any atom is 0.266 e. The second-order valence-corrected chi connectivity index (χ2v) is 9.44. The van der Waals surface area contributed by atoms with Gasteiger partial charge in [0.2, 0.25) is 0 Å². The number of sulfonamides is 1. The van der Waals surface area contributed by atoms with E-state index in [9.17, 15) is 12.8 Å². The summed E-state index contributed by atoms with van der Waals surface area (Å²) in [5.41, 5.74) is 0.375. The summed E-state index contributed by atoms with van der Waals surface area (Å²) in [7, 11) is -4.10. The molecule has 7 nitrogen and oxygen atoms in total. The first-order chi connectivity index (χ1) is 13.5. The standard InChI is InChI=1S/C17H23ClFN5O2S2/c18-13-9-16(28(25,26)24-17-23-7-8-27-17)14(19)10-15(13)22-5-2-1-4-21-12-3-6-20-11-12/h7-10,12,20-22H,1-6,11H2,(H,23,24)/t12-/m0/s1. The molecule has 1 atom stereocenters. The fraction of sp³-hybridized carbons (Fsp3) is 0.471. The third-order valence-corrected chi connectivity index (χ3v) is 6.86. The first-order valence-corrected chi connectivity index (χ1v) is 11.8. The molecule has 4 N–H and O–H groups in total. The Hall–Kier alpha value is -1.46. The summed E-state index contributed by atoms with van der Waals surface area (Å²) in [4.78, 5) is 3.33. The summed E-state index contributed by atoms with van der Waals surface area (Å²) in [6.07, 6.45) is 4.48. The van der Waals surface area contributed by atoms with Crippen LogP contribution in [-0.2, 0) is 10.0 Å². The zero-order valence-electron chi connectivity index (χ0n) is 15.2. The van der Waals surface area contributed by atoms with Crippen molar-refractivity contribution in [3.63, 3.8) is 0 Å². The summed E-state index contributed by atoms with van der Waals surface area (Å²) in [6, 6.07) is 2.77. The smallest absolute Gasteiger partial charge is 0.266 e. The Labute approximate surface area is 173 Å². The zero-order chi connectivity index (χ0) is 20.0. The molecule has 1 aliphatic rings. The summed E-state index contributed by atoms with van der Waals surface area (Å²) >= 11 is 7.27. The second-order valence-electron chi connectivity index (χ2n) is 6.48. The van der Waals surface area contributed by atoms with Crippen molar-refractivity contribution in [2.75, 3.05) is 36.2 Å². The first-order valence-electron chi connectivity index (χ1n) is 9.05. The minimum Gasteiger partial charge on any atom is -0.384 e. The Balaban J connectivity index is 1.51. The van der Waals surface area contributed by atoms with Crippen molar-refractivity contribution >= 4 is 43.8 Å². The molecule has 2 heterocycles. The van der Waals surface area contributed by atoms with Crippen LogP contribution < -0.4 is 20.7 Å². The molecule has 0 unspecified atom stereocenters. The molecule has 0 amide bonds. The topological polar surface area (TPSA) is 95.2 Å². The minimum atomic E-state index is -4.10. The van der Waals surface area contributed by atoms with Crippen molar-refractivity contribution in [2.24, 2.45) is 0 Å². The Morgan fingerprint density at radius 2 is 2.14 bits per heavy atom. The fourth-order valence-corrected chi connectivity index (χ4v) is 5.09. The van der Waals surface area contributed by atoms with Crippen LogP contribution in [0.2, 0.25) is 5.02 Å². The third kappa shape index (κ3) is 5.77. The highest BCUT2D eigenvalue weighted by Crippen LogP contribution is 2.29. The van der Waals surface area contributed by atoms with Crippen molar-refractivity contribution in [1.82, 2.24) is 15.6 Å². The molecular formula is C17H23ClFN5O2S2. The molecule has 0 spiro atoms. The maximum absolute atomic E-state index is 14.4. The van der Waals surface area contributed by atoms with Gasteiger partial charge in [0.15, 0.2) is 5.13 Å². The summed E-state index contributed by atoms with van der Waals surface area (Å²) in [5.74, 6) is -0.869. The van der Waals surface area contributed by atoms with E-state index in [1.807, 2.05) is 0 Å². The summed E-state index contributed by atoms with van der Waals surface area (Å²) in [6.45, 7) is 3.62. The van der Waals surface area contributed by atoms with Crippen LogP contribution in [0.1, 0.15) is 19.3 Å². The third-order valence-electron chi connectivity index (χ3n) is 4.38. The molecule has 0 aliphatic carbocycles. The first kappa shape index (κ1) is 21.3. The Kier molecular flexibility index (Phi) is 7.47. The van der Waals surface area contributed by atoms with Crippen molar-refractivity contribution < 1.29 is 12.8 Å². The predicted molar refractivity (Wildman–Crippen MR) is 111 cm³/mol. The Morgan fingerprint density at radius 3 is 2.86 bits per heavy atom. The predicted octanol–water partition coefficient (Wildman–Crippen LogP) is 2.88. The number of anilines is 2. The van der Waals surface area contributed by atoms with E-state index in [2.05, 4.69) is 25.7 Å². The van der Waals surface area contributed by atoms with Gasteiger partial charge in [-0.1, -0.05) is 11.6 Å². The van der Waals surface area contributed by atoms with Crippen LogP contribution in [0.5, 0.6) is 0 Å². The molecule has 2 aromatic rings. The van der Waals surface area contributed by atoms with Crippen molar-refractivity contribution in [3.05, 3.63) is 34.5 Å². The van der Waals surface area contributed by atoms with Crippen LogP contribution in [-0.4, -0.2) is 45.6 Å². The lowest BCUT2D eigenvalue weighted by atomic mass is 10.2. The monoisotopic (exact) mass is 447 g/mol. The van der Waals surface area contributed by atoms with Crippen LogP contribution in [0.4, 0.5) is 15.2 Å². The lowest BCUT2D eigenvalue weighted by Crippen LogP contribution is -2.31. The van der Waals surface area contributed by atoms with Crippen LogP contribution >= 0.6 is 22.9 Å². The molecule has 1 aliphatic heterocycles. The highest BCUT2D eigenvalue weighted by Gasteiger charge is 2.22. The minimum absolute atomic E-state index is 0.149. The number of rotatable bonds is 10. The van der Waals surface area contributed by atoms with Crippen molar-refractivity contribution in [3.8, 4) is 0 Å². The molecule has 0 bridgehead atoms. The molecule has 1 aromatic heterocycles. The molecule has 0 saturated carbocycles. The van der Waals surface area contributed by atoms with Crippen LogP contribution in [0.25, 0.3) is 0 Å². The summed E-state index contributed by atoms with van der Waals surface area (Å²) in [5, 5.41) is 11.8. The average Bonchev–Trinajstić information content (AvgIpc) is 3.34. The van der Waals surface area contributed by atoms with E-state index in [0.29, 0.717) is 18.3 Å². The number of thiazole rings is 1. The maximum atomic E-state index is 14.4. The molecular weight excluding hydrogens is 425 g/mol. The number of nitrogens with zero attached hydrogens (tertiary/aromatic N) is 1. The molecule has 28 heavy (non-hydrogen) atoms. The highest BCUT2D eigenvalue weighted by molar-refractivity contribution is 7.93. The number of halogens is 2. The Bertz CT molecular complexity index is 874. The van der Waals surface area contributed by atoms with Gasteiger partial charge in [0, 0.05) is 30.7 Å². The van der Waals surface area contributed by atoms with Gasteiger partial charge in [0.1, 0.15) is 10.7 Å². The quantitative estimate of drug-likeness (QED) is 0.418. The van der Waals surface area contributed by atoms with Crippen LogP contribution in [0.3, 0.4) is 0 Å². The van der Waals surface area contributed by atoms with Crippen LogP contribution in [0, 0.1) is 5.82 Å².